The number of ether oxygens (including phenoxy) is 1. The molecule has 0 fully saturated rings. The number of methoxy groups -OCH3 is 1. The number of furan rings is 1. The number of amides is 1. The van der Waals surface area contributed by atoms with Gasteiger partial charge < -0.3 is 14.5 Å². The minimum absolute atomic E-state index is 0.0941. The maximum Gasteiger partial charge on any atom is 0.254 e. The first kappa shape index (κ1) is 13.3. The molecular weight excluding hydrogens is 274 g/mol. The molecule has 1 aromatic heterocycles. The van der Waals surface area contributed by atoms with Gasteiger partial charge >= 0.3 is 0 Å². The zero-order valence-electron chi connectivity index (χ0n) is 9.46. The maximum absolute atomic E-state index is 11.6. The van der Waals surface area contributed by atoms with E-state index >= 15 is 0 Å². The molecule has 1 aromatic rings. The molecule has 5 heteroatoms. The van der Waals surface area contributed by atoms with E-state index in [4.69, 9.17) is 9.15 Å². The summed E-state index contributed by atoms with van der Waals surface area (Å²) in [5.74, 6) is 0.549. The van der Waals surface area contributed by atoms with E-state index in [0.29, 0.717) is 24.5 Å². The molecule has 90 valence electrons. The number of hydrogen-bond donors (Lipinski definition) is 1. The van der Waals surface area contributed by atoms with Gasteiger partial charge in [0.25, 0.3) is 5.91 Å². The van der Waals surface area contributed by atoms with Crippen LogP contribution in [0.1, 0.15) is 22.5 Å². The van der Waals surface area contributed by atoms with E-state index in [1.54, 1.807) is 20.1 Å². The fourth-order valence-electron chi connectivity index (χ4n) is 1.32. The van der Waals surface area contributed by atoms with Crippen LogP contribution >= 0.6 is 15.9 Å². The second-order valence-electron chi connectivity index (χ2n) is 3.49. The van der Waals surface area contributed by atoms with Gasteiger partial charge in [-0.05, 0) is 19.4 Å². The lowest BCUT2D eigenvalue weighted by atomic mass is 10.2. The van der Waals surface area contributed by atoms with Crippen molar-refractivity contribution in [3.8, 4) is 0 Å². The summed E-state index contributed by atoms with van der Waals surface area (Å²) >= 11 is 3.46. The Labute approximate surface area is 103 Å². The van der Waals surface area contributed by atoms with Crippen molar-refractivity contribution in [1.82, 2.24) is 5.32 Å². The zero-order valence-corrected chi connectivity index (χ0v) is 11.0. The third kappa shape index (κ3) is 3.98. The number of alkyl halides is 1. The molecule has 1 heterocycles. The van der Waals surface area contributed by atoms with Crippen molar-refractivity contribution in [2.75, 3.05) is 20.3 Å². The fourth-order valence-corrected chi connectivity index (χ4v) is 1.82. The summed E-state index contributed by atoms with van der Waals surface area (Å²) < 4.78 is 10.0. The van der Waals surface area contributed by atoms with Gasteiger partial charge in [0.1, 0.15) is 5.76 Å². The summed E-state index contributed by atoms with van der Waals surface area (Å²) in [6.45, 7) is 3.02. The van der Waals surface area contributed by atoms with Crippen LogP contribution in [0.5, 0.6) is 0 Å². The Bertz CT molecular complexity index is 338. The molecule has 4 nitrogen and oxygen atoms in total. The molecule has 0 radical (unpaired) electrons. The highest BCUT2D eigenvalue weighted by Gasteiger charge is 2.11. The van der Waals surface area contributed by atoms with Crippen LogP contribution < -0.4 is 5.32 Å². The molecule has 0 bridgehead atoms. The minimum Gasteiger partial charge on any atom is -0.469 e. The molecule has 0 aliphatic carbocycles. The number of carbonyl (C=O) groups excluding carboxylic acids is 1. The van der Waals surface area contributed by atoms with Gasteiger partial charge in [0, 0.05) is 18.5 Å². The third-order valence-electron chi connectivity index (χ3n) is 2.19. The summed E-state index contributed by atoms with van der Waals surface area (Å²) in [5, 5.41) is 2.83. The van der Waals surface area contributed by atoms with Crippen molar-refractivity contribution < 1.29 is 13.9 Å². The first-order chi connectivity index (χ1) is 7.65. The Morgan fingerprint density at radius 2 is 2.44 bits per heavy atom. The normalized spacial score (nSPS) is 12.4. The van der Waals surface area contributed by atoms with Crippen LogP contribution in [0.4, 0.5) is 0 Å². The molecule has 1 rings (SSSR count). The Morgan fingerprint density at radius 3 is 3.00 bits per heavy atom. The highest BCUT2D eigenvalue weighted by atomic mass is 79.9. The predicted molar refractivity (Wildman–Crippen MR) is 65.0 cm³/mol. The summed E-state index contributed by atoms with van der Waals surface area (Å²) in [6, 6.07) is 1.67. The lowest BCUT2D eigenvalue weighted by molar-refractivity contribution is 0.0950. The molecule has 0 saturated carbocycles. The molecule has 1 amide bonds. The van der Waals surface area contributed by atoms with E-state index < -0.39 is 0 Å². The van der Waals surface area contributed by atoms with Crippen LogP contribution in [0, 0.1) is 6.92 Å². The van der Waals surface area contributed by atoms with E-state index in [2.05, 4.69) is 21.2 Å². The predicted octanol–water partition coefficient (Wildman–Crippen LogP) is 2.12. The number of carbonyl (C=O) groups is 1. The van der Waals surface area contributed by atoms with Crippen molar-refractivity contribution >= 4 is 21.8 Å². The smallest absolute Gasteiger partial charge is 0.254 e. The fraction of sp³-hybridized carbons (Fsp3) is 0.545. The van der Waals surface area contributed by atoms with E-state index in [1.807, 2.05) is 0 Å². The van der Waals surface area contributed by atoms with Gasteiger partial charge in [-0.1, -0.05) is 15.9 Å². The van der Waals surface area contributed by atoms with Gasteiger partial charge in [-0.15, -0.1) is 0 Å². The lowest BCUT2D eigenvalue weighted by Gasteiger charge is -2.09. The van der Waals surface area contributed by atoms with Gasteiger partial charge in [0.05, 0.1) is 18.4 Å². The summed E-state index contributed by atoms with van der Waals surface area (Å²) in [6.07, 6.45) is 2.35. The lowest BCUT2D eigenvalue weighted by Crippen LogP contribution is -2.27. The van der Waals surface area contributed by atoms with E-state index in [9.17, 15) is 4.79 Å². The molecule has 0 aliphatic heterocycles. The zero-order chi connectivity index (χ0) is 12.0. The summed E-state index contributed by atoms with van der Waals surface area (Å²) in [5.41, 5.74) is 0.595. The maximum atomic E-state index is 11.6. The monoisotopic (exact) mass is 289 g/mol. The number of aryl methyl sites for hydroxylation is 1. The van der Waals surface area contributed by atoms with Crippen LogP contribution in [0.15, 0.2) is 16.7 Å². The number of rotatable bonds is 6. The Kier molecular flexibility index (Phi) is 5.55. The molecule has 0 spiro atoms. The Balaban J connectivity index is 2.29. The molecule has 16 heavy (non-hydrogen) atoms. The van der Waals surface area contributed by atoms with Gasteiger partial charge in [-0.25, -0.2) is 0 Å². The van der Waals surface area contributed by atoms with Crippen LogP contribution in [0.3, 0.4) is 0 Å². The average molecular weight is 290 g/mol. The Hall–Kier alpha value is -0.810. The molecule has 1 N–H and O–H groups in total. The highest BCUT2D eigenvalue weighted by molar-refractivity contribution is 9.09. The minimum atomic E-state index is -0.0941. The topological polar surface area (TPSA) is 51.5 Å². The standard InChI is InChI=1S/C11H16BrNO3/c1-8-10(4-6-16-8)11(14)13-5-3-9(12)7-15-2/h4,6,9H,3,5,7H2,1-2H3,(H,13,14). The van der Waals surface area contributed by atoms with Crippen molar-refractivity contribution in [3.05, 3.63) is 23.7 Å². The molecular formula is C11H16BrNO3. The largest absolute Gasteiger partial charge is 0.469 e. The summed E-state index contributed by atoms with van der Waals surface area (Å²) in [4.78, 5) is 11.9. The molecule has 0 aromatic carbocycles. The first-order valence-corrected chi connectivity index (χ1v) is 6.02. The second kappa shape index (κ2) is 6.70. The Morgan fingerprint density at radius 1 is 1.69 bits per heavy atom. The van der Waals surface area contributed by atoms with Crippen LogP contribution in [-0.2, 0) is 4.74 Å². The quantitative estimate of drug-likeness (QED) is 0.816. The van der Waals surface area contributed by atoms with Crippen molar-refractivity contribution in [2.45, 2.75) is 18.2 Å². The highest BCUT2D eigenvalue weighted by Crippen LogP contribution is 2.09. The number of hydrogen-bond acceptors (Lipinski definition) is 3. The SMILES string of the molecule is COCC(Br)CCNC(=O)c1ccoc1C. The van der Waals surface area contributed by atoms with E-state index in [-0.39, 0.29) is 10.7 Å². The van der Waals surface area contributed by atoms with Gasteiger partial charge in [-0.3, -0.25) is 4.79 Å². The first-order valence-electron chi connectivity index (χ1n) is 5.10. The van der Waals surface area contributed by atoms with Crippen molar-refractivity contribution in [1.29, 1.82) is 0 Å². The molecule has 1 unspecified atom stereocenters. The average Bonchev–Trinajstić information content (AvgIpc) is 2.64. The third-order valence-corrected chi connectivity index (χ3v) is 2.92. The molecule has 0 saturated heterocycles. The number of nitrogens with one attached hydrogen (secondary N) is 1. The van der Waals surface area contributed by atoms with E-state index in [1.165, 1.54) is 6.26 Å². The van der Waals surface area contributed by atoms with Gasteiger partial charge in [0.2, 0.25) is 0 Å². The van der Waals surface area contributed by atoms with Gasteiger partial charge in [0.15, 0.2) is 0 Å². The van der Waals surface area contributed by atoms with E-state index in [0.717, 1.165) is 6.42 Å². The number of halogens is 1. The second-order valence-corrected chi connectivity index (χ2v) is 4.78. The van der Waals surface area contributed by atoms with Gasteiger partial charge in [-0.2, -0.15) is 0 Å². The van der Waals surface area contributed by atoms with Crippen LogP contribution in [0.25, 0.3) is 0 Å². The van der Waals surface area contributed by atoms with Crippen molar-refractivity contribution in [2.24, 2.45) is 0 Å². The van der Waals surface area contributed by atoms with Crippen molar-refractivity contribution in [3.63, 3.8) is 0 Å². The summed E-state index contributed by atoms with van der Waals surface area (Å²) in [7, 11) is 1.65. The van der Waals surface area contributed by atoms with Crippen LogP contribution in [-0.4, -0.2) is 31.0 Å². The molecule has 0 aliphatic rings. The van der Waals surface area contributed by atoms with Crippen LogP contribution in [0.2, 0.25) is 0 Å². The molecule has 1 atom stereocenters.